The van der Waals surface area contributed by atoms with E-state index >= 15 is 0 Å². The van der Waals surface area contributed by atoms with Crippen LogP contribution in [0.3, 0.4) is 0 Å². The lowest BCUT2D eigenvalue weighted by Crippen LogP contribution is -2.32. The lowest BCUT2D eigenvalue weighted by atomic mass is 10.0. The lowest BCUT2D eigenvalue weighted by molar-refractivity contribution is 0.0776. The van der Waals surface area contributed by atoms with Gasteiger partial charge in [0.15, 0.2) is 0 Å². The van der Waals surface area contributed by atoms with E-state index < -0.39 is 0 Å². The van der Waals surface area contributed by atoms with Crippen molar-refractivity contribution >= 4 is 5.91 Å². The predicted octanol–water partition coefficient (Wildman–Crippen LogP) is 0.715. The fourth-order valence-electron chi connectivity index (χ4n) is 3.07. The molecule has 0 N–H and O–H groups in total. The number of likely N-dealkylation sites (tertiary alicyclic amines) is 2. The van der Waals surface area contributed by atoms with Gasteiger partial charge in [-0.2, -0.15) is 0 Å². The third-order valence-corrected chi connectivity index (χ3v) is 3.88. The molecule has 0 aromatic carbocycles. The highest BCUT2D eigenvalue weighted by Crippen LogP contribution is 2.30. The van der Waals surface area contributed by atoms with Crippen LogP contribution in [0.5, 0.6) is 0 Å². The number of carbonyl (C=O) groups excluding carboxylic acids is 1. The zero-order valence-electron chi connectivity index (χ0n) is 10.0. The normalized spacial score (nSPS) is 28.4. The van der Waals surface area contributed by atoms with E-state index in [2.05, 4.69) is 16.9 Å². The maximum Gasteiger partial charge on any atom is 0.253 e. The van der Waals surface area contributed by atoms with Crippen molar-refractivity contribution < 1.29 is 4.79 Å². The minimum atomic E-state index is 0.157. The van der Waals surface area contributed by atoms with E-state index in [1.807, 2.05) is 4.90 Å². The first-order chi connectivity index (χ1) is 8.24. The van der Waals surface area contributed by atoms with Crippen molar-refractivity contribution in [2.24, 2.45) is 11.8 Å². The van der Waals surface area contributed by atoms with Crippen LogP contribution in [-0.4, -0.2) is 53.9 Å². The monoisotopic (exact) mass is 231 g/mol. The zero-order chi connectivity index (χ0) is 11.8. The van der Waals surface area contributed by atoms with Crippen LogP contribution in [0.1, 0.15) is 10.4 Å². The number of pyridine rings is 1. The Hall–Kier alpha value is -1.42. The highest BCUT2D eigenvalue weighted by Gasteiger charge is 2.40. The number of rotatable bonds is 1. The van der Waals surface area contributed by atoms with E-state index in [4.69, 9.17) is 0 Å². The number of amides is 1. The number of hydrogen-bond acceptors (Lipinski definition) is 3. The molecule has 0 radical (unpaired) electrons. The van der Waals surface area contributed by atoms with Crippen LogP contribution in [0.15, 0.2) is 24.5 Å². The molecule has 4 heteroatoms. The Morgan fingerprint density at radius 3 is 2.35 bits per heavy atom. The summed E-state index contributed by atoms with van der Waals surface area (Å²) < 4.78 is 0. The van der Waals surface area contributed by atoms with Gasteiger partial charge in [-0.25, -0.2) is 0 Å². The number of aromatic nitrogens is 1. The molecule has 90 valence electrons. The van der Waals surface area contributed by atoms with Crippen molar-refractivity contribution in [2.45, 2.75) is 0 Å². The molecule has 2 fully saturated rings. The van der Waals surface area contributed by atoms with E-state index in [1.165, 1.54) is 0 Å². The molecule has 0 saturated carbocycles. The maximum absolute atomic E-state index is 12.2. The van der Waals surface area contributed by atoms with Crippen LogP contribution >= 0.6 is 0 Å². The first kappa shape index (κ1) is 10.7. The van der Waals surface area contributed by atoms with Gasteiger partial charge in [-0.15, -0.1) is 0 Å². The van der Waals surface area contributed by atoms with Crippen molar-refractivity contribution in [3.05, 3.63) is 30.1 Å². The van der Waals surface area contributed by atoms with Crippen molar-refractivity contribution in [1.29, 1.82) is 0 Å². The summed E-state index contributed by atoms with van der Waals surface area (Å²) in [5.41, 5.74) is 0.758. The third-order valence-electron chi connectivity index (χ3n) is 3.88. The van der Waals surface area contributed by atoms with Crippen molar-refractivity contribution in [3.8, 4) is 0 Å². The van der Waals surface area contributed by atoms with Crippen LogP contribution < -0.4 is 0 Å². The van der Waals surface area contributed by atoms with Crippen LogP contribution in [0.4, 0.5) is 0 Å². The van der Waals surface area contributed by atoms with Crippen molar-refractivity contribution in [1.82, 2.24) is 14.8 Å². The molecule has 0 aliphatic carbocycles. The van der Waals surface area contributed by atoms with E-state index in [-0.39, 0.29) is 5.91 Å². The van der Waals surface area contributed by atoms with Crippen molar-refractivity contribution in [2.75, 3.05) is 33.2 Å². The van der Waals surface area contributed by atoms with Gasteiger partial charge in [0.2, 0.25) is 0 Å². The molecule has 3 heterocycles. The quantitative estimate of drug-likeness (QED) is 0.714. The molecule has 3 rings (SSSR count). The Kier molecular flexibility index (Phi) is 2.59. The molecule has 2 aliphatic heterocycles. The fourth-order valence-corrected chi connectivity index (χ4v) is 3.07. The summed E-state index contributed by atoms with van der Waals surface area (Å²) >= 11 is 0. The Bertz CT molecular complexity index is 406. The smallest absolute Gasteiger partial charge is 0.253 e. The summed E-state index contributed by atoms with van der Waals surface area (Å²) in [6.45, 7) is 4.09. The molecular weight excluding hydrogens is 214 g/mol. The largest absolute Gasteiger partial charge is 0.338 e. The molecule has 0 spiro atoms. The van der Waals surface area contributed by atoms with Gasteiger partial charge in [-0.3, -0.25) is 9.78 Å². The van der Waals surface area contributed by atoms with Crippen LogP contribution in [0.2, 0.25) is 0 Å². The molecule has 2 atom stereocenters. The summed E-state index contributed by atoms with van der Waals surface area (Å²) in [7, 11) is 2.16. The van der Waals surface area contributed by atoms with E-state index in [0.29, 0.717) is 11.8 Å². The number of nitrogens with zero attached hydrogens (tertiary/aromatic N) is 3. The fraction of sp³-hybridized carbons (Fsp3) is 0.538. The molecule has 2 saturated heterocycles. The Labute approximate surface area is 101 Å². The van der Waals surface area contributed by atoms with Gasteiger partial charge < -0.3 is 9.80 Å². The second kappa shape index (κ2) is 4.11. The number of carbonyl (C=O) groups is 1. The molecule has 4 nitrogen and oxygen atoms in total. The maximum atomic E-state index is 12.2. The molecule has 2 aliphatic rings. The van der Waals surface area contributed by atoms with E-state index in [9.17, 15) is 4.79 Å². The van der Waals surface area contributed by atoms with Crippen LogP contribution in [-0.2, 0) is 0 Å². The van der Waals surface area contributed by atoms with E-state index in [0.717, 1.165) is 31.7 Å². The average Bonchev–Trinajstić information content (AvgIpc) is 2.86. The predicted molar refractivity (Wildman–Crippen MR) is 64.6 cm³/mol. The molecule has 1 aromatic heterocycles. The standard InChI is InChI=1S/C13H17N3O/c1-15-6-11-8-16(9-12(11)7-15)13(17)10-2-4-14-5-3-10/h2-5,11-12H,6-9H2,1H3/t11-,12-/m1/s1. The minimum absolute atomic E-state index is 0.157. The minimum Gasteiger partial charge on any atom is -0.338 e. The average molecular weight is 231 g/mol. The first-order valence-electron chi connectivity index (χ1n) is 6.12. The summed E-state index contributed by atoms with van der Waals surface area (Å²) in [6, 6.07) is 3.59. The molecule has 1 amide bonds. The molecular formula is C13H17N3O. The summed E-state index contributed by atoms with van der Waals surface area (Å²) in [6.07, 6.45) is 3.36. The Morgan fingerprint density at radius 2 is 1.76 bits per heavy atom. The SMILES string of the molecule is CN1C[C@@H]2CN(C(=O)c3ccncc3)C[C@H]2C1. The topological polar surface area (TPSA) is 36.4 Å². The van der Waals surface area contributed by atoms with Crippen LogP contribution in [0, 0.1) is 11.8 Å². The lowest BCUT2D eigenvalue weighted by Gasteiger charge is -2.19. The van der Waals surface area contributed by atoms with E-state index in [1.54, 1.807) is 24.5 Å². The highest BCUT2D eigenvalue weighted by atomic mass is 16.2. The van der Waals surface area contributed by atoms with Gasteiger partial charge in [-0.1, -0.05) is 0 Å². The molecule has 0 bridgehead atoms. The van der Waals surface area contributed by atoms with Crippen molar-refractivity contribution in [3.63, 3.8) is 0 Å². The molecule has 1 aromatic rings. The van der Waals surface area contributed by atoms with Gasteiger partial charge in [-0.05, 0) is 31.0 Å². The second-order valence-electron chi connectivity index (χ2n) is 5.19. The van der Waals surface area contributed by atoms with Gasteiger partial charge in [0, 0.05) is 44.1 Å². The number of fused-ring (bicyclic) bond motifs is 1. The zero-order valence-corrected chi connectivity index (χ0v) is 10.0. The Morgan fingerprint density at radius 1 is 1.18 bits per heavy atom. The highest BCUT2D eigenvalue weighted by molar-refractivity contribution is 5.94. The van der Waals surface area contributed by atoms with Crippen LogP contribution in [0.25, 0.3) is 0 Å². The second-order valence-corrected chi connectivity index (χ2v) is 5.19. The number of hydrogen-bond donors (Lipinski definition) is 0. The molecule has 17 heavy (non-hydrogen) atoms. The summed E-state index contributed by atoms with van der Waals surface area (Å²) in [5, 5.41) is 0. The third kappa shape index (κ3) is 1.93. The van der Waals surface area contributed by atoms with Gasteiger partial charge >= 0.3 is 0 Å². The first-order valence-corrected chi connectivity index (χ1v) is 6.12. The van der Waals surface area contributed by atoms with Gasteiger partial charge in [0.25, 0.3) is 5.91 Å². The van der Waals surface area contributed by atoms with Gasteiger partial charge in [0.1, 0.15) is 0 Å². The Balaban J connectivity index is 1.70. The molecule has 0 unspecified atom stereocenters. The summed E-state index contributed by atoms with van der Waals surface area (Å²) in [4.78, 5) is 20.6. The van der Waals surface area contributed by atoms with Gasteiger partial charge in [0.05, 0.1) is 0 Å². The summed E-state index contributed by atoms with van der Waals surface area (Å²) in [5.74, 6) is 1.50.